The summed E-state index contributed by atoms with van der Waals surface area (Å²) in [6.07, 6.45) is 14.1. The van der Waals surface area contributed by atoms with E-state index in [-0.39, 0.29) is 12.6 Å². The molecule has 1 rings (SSSR count). The molecule has 2 atom stereocenters. The molecule has 0 aliphatic heterocycles. The fourth-order valence-electron chi connectivity index (χ4n) is 2.43. The Morgan fingerprint density at radius 1 is 1.32 bits per heavy atom. The first-order valence-corrected chi connectivity index (χ1v) is 7.34. The molecule has 1 aliphatic carbocycles. The van der Waals surface area contributed by atoms with Crippen LogP contribution in [0, 0.1) is 11.8 Å². The molecule has 108 valence electrons. The van der Waals surface area contributed by atoms with Gasteiger partial charge in [0.2, 0.25) is 0 Å². The second-order valence-corrected chi connectivity index (χ2v) is 5.05. The van der Waals surface area contributed by atoms with Crippen LogP contribution in [0.2, 0.25) is 0 Å². The van der Waals surface area contributed by atoms with Gasteiger partial charge in [-0.05, 0) is 50.9 Å². The molecule has 0 aromatic heterocycles. The minimum atomic E-state index is -0.103. The number of hydrogen-bond acceptors (Lipinski definition) is 3. The monoisotopic (exact) mass is 266 g/mol. The standard InChI is InChI=1S/C16H26O3/c1-2-19-16(18)12-6-4-3-5-9-14-10-7-8-11-15(14)13-17/h3,5,7-8,14-15,17H,2,4,6,9-13H2,1H3/t14-,15-/m0/s1. The lowest BCUT2D eigenvalue weighted by Crippen LogP contribution is -2.19. The van der Waals surface area contributed by atoms with E-state index in [4.69, 9.17) is 4.74 Å². The van der Waals surface area contributed by atoms with Gasteiger partial charge in [0.25, 0.3) is 0 Å². The Hall–Kier alpha value is -1.09. The van der Waals surface area contributed by atoms with Gasteiger partial charge in [0.15, 0.2) is 0 Å². The molecule has 0 saturated heterocycles. The van der Waals surface area contributed by atoms with Crippen molar-refractivity contribution in [1.29, 1.82) is 0 Å². The minimum absolute atomic E-state index is 0.103. The van der Waals surface area contributed by atoms with Crippen molar-refractivity contribution < 1.29 is 14.6 Å². The van der Waals surface area contributed by atoms with Crippen LogP contribution in [0.1, 0.15) is 45.4 Å². The van der Waals surface area contributed by atoms with Gasteiger partial charge in [-0.25, -0.2) is 0 Å². The summed E-state index contributed by atoms with van der Waals surface area (Å²) < 4.78 is 4.87. The third-order valence-electron chi connectivity index (χ3n) is 3.61. The molecule has 0 amide bonds. The van der Waals surface area contributed by atoms with Crippen molar-refractivity contribution in [2.75, 3.05) is 13.2 Å². The van der Waals surface area contributed by atoms with Crippen LogP contribution in [-0.2, 0) is 9.53 Å². The van der Waals surface area contributed by atoms with Crippen molar-refractivity contribution in [3.05, 3.63) is 24.3 Å². The zero-order chi connectivity index (χ0) is 13.9. The van der Waals surface area contributed by atoms with Gasteiger partial charge < -0.3 is 9.84 Å². The topological polar surface area (TPSA) is 46.5 Å². The molecule has 19 heavy (non-hydrogen) atoms. The molecular formula is C16H26O3. The second-order valence-electron chi connectivity index (χ2n) is 5.05. The van der Waals surface area contributed by atoms with Gasteiger partial charge in [0, 0.05) is 13.0 Å². The van der Waals surface area contributed by atoms with E-state index in [0.29, 0.717) is 24.9 Å². The van der Waals surface area contributed by atoms with Crippen molar-refractivity contribution in [2.45, 2.75) is 45.4 Å². The molecule has 1 N–H and O–H groups in total. The summed E-state index contributed by atoms with van der Waals surface area (Å²) in [6, 6.07) is 0. The van der Waals surface area contributed by atoms with E-state index in [2.05, 4.69) is 24.3 Å². The molecular weight excluding hydrogens is 240 g/mol. The highest BCUT2D eigenvalue weighted by molar-refractivity contribution is 5.69. The van der Waals surface area contributed by atoms with Crippen molar-refractivity contribution in [3.63, 3.8) is 0 Å². The number of hydrogen-bond donors (Lipinski definition) is 1. The van der Waals surface area contributed by atoms with Crippen LogP contribution in [0.3, 0.4) is 0 Å². The maximum Gasteiger partial charge on any atom is 0.305 e. The molecule has 0 heterocycles. The van der Waals surface area contributed by atoms with E-state index in [1.807, 2.05) is 6.92 Å². The molecule has 0 aromatic rings. The van der Waals surface area contributed by atoms with Crippen LogP contribution in [0.4, 0.5) is 0 Å². The van der Waals surface area contributed by atoms with Crippen LogP contribution >= 0.6 is 0 Å². The number of ether oxygens (including phenoxy) is 1. The van der Waals surface area contributed by atoms with Gasteiger partial charge >= 0.3 is 5.97 Å². The van der Waals surface area contributed by atoms with E-state index in [9.17, 15) is 9.90 Å². The third kappa shape index (κ3) is 6.58. The predicted octanol–water partition coefficient (Wildman–Crippen LogP) is 3.24. The molecule has 0 bridgehead atoms. The van der Waals surface area contributed by atoms with Crippen LogP contribution in [0.15, 0.2) is 24.3 Å². The largest absolute Gasteiger partial charge is 0.466 e. The SMILES string of the molecule is CCOC(=O)CCCC=CC[C@H]1CC=CC[C@H]1CO. The zero-order valence-electron chi connectivity index (χ0n) is 11.9. The van der Waals surface area contributed by atoms with Gasteiger partial charge in [-0.3, -0.25) is 4.79 Å². The number of allylic oxidation sites excluding steroid dienone is 4. The molecule has 1 aliphatic rings. The van der Waals surface area contributed by atoms with Crippen LogP contribution in [0.25, 0.3) is 0 Å². The van der Waals surface area contributed by atoms with E-state index in [1.165, 1.54) is 0 Å². The molecule has 3 heteroatoms. The van der Waals surface area contributed by atoms with E-state index >= 15 is 0 Å². The van der Waals surface area contributed by atoms with Gasteiger partial charge in [0.05, 0.1) is 6.61 Å². The Balaban J connectivity index is 2.12. The van der Waals surface area contributed by atoms with E-state index in [1.54, 1.807) is 0 Å². The minimum Gasteiger partial charge on any atom is -0.466 e. The van der Waals surface area contributed by atoms with Crippen molar-refractivity contribution >= 4 is 5.97 Å². The third-order valence-corrected chi connectivity index (χ3v) is 3.61. The van der Waals surface area contributed by atoms with Crippen molar-refractivity contribution in [3.8, 4) is 0 Å². The van der Waals surface area contributed by atoms with Gasteiger partial charge in [-0.15, -0.1) is 0 Å². The summed E-state index contributed by atoms with van der Waals surface area (Å²) in [5, 5.41) is 9.30. The predicted molar refractivity (Wildman–Crippen MR) is 76.7 cm³/mol. The molecule has 3 nitrogen and oxygen atoms in total. The van der Waals surface area contributed by atoms with Crippen LogP contribution in [-0.4, -0.2) is 24.3 Å². The summed E-state index contributed by atoms with van der Waals surface area (Å²) in [4.78, 5) is 11.1. The summed E-state index contributed by atoms with van der Waals surface area (Å²) >= 11 is 0. The number of carbonyl (C=O) groups excluding carboxylic acids is 1. The normalized spacial score (nSPS) is 22.8. The average molecular weight is 266 g/mol. The number of rotatable bonds is 8. The summed E-state index contributed by atoms with van der Waals surface area (Å²) in [7, 11) is 0. The van der Waals surface area contributed by atoms with Crippen molar-refractivity contribution in [1.82, 2.24) is 0 Å². The summed E-state index contributed by atoms with van der Waals surface area (Å²) in [6.45, 7) is 2.58. The maximum absolute atomic E-state index is 11.1. The molecule has 0 spiro atoms. The van der Waals surface area contributed by atoms with Crippen LogP contribution < -0.4 is 0 Å². The first-order chi connectivity index (χ1) is 9.27. The zero-order valence-corrected chi connectivity index (χ0v) is 11.9. The smallest absolute Gasteiger partial charge is 0.305 e. The Morgan fingerprint density at radius 3 is 2.74 bits per heavy atom. The number of unbranched alkanes of at least 4 members (excludes halogenated alkanes) is 1. The lowest BCUT2D eigenvalue weighted by atomic mass is 9.81. The number of esters is 1. The molecule has 0 saturated carbocycles. The van der Waals surface area contributed by atoms with E-state index in [0.717, 1.165) is 32.1 Å². The summed E-state index contributed by atoms with van der Waals surface area (Å²) in [5.74, 6) is 0.874. The molecule has 0 unspecified atom stereocenters. The van der Waals surface area contributed by atoms with Crippen molar-refractivity contribution in [2.24, 2.45) is 11.8 Å². The molecule has 0 aromatic carbocycles. The quantitative estimate of drug-likeness (QED) is 0.417. The number of aliphatic hydroxyl groups excluding tert-OH is 1. The van der Waals surface area contributed by atoms with Crippen LogP contribution in [0.5, 0.6) is 0 Å². The van der Waals surface area contributed by atoms with E-state index < -0.39 is 0 Å². The lowest BCUT2D eigenvalue weighted by Gasteiger charge is -2.25. The highest BCUT2D eigenvalue weighted by atomic mass is 16.5. The highest BCUT2D eigenvalue weighted by Crippen LogP contribution is 2.28. The fraction of sp³-hybridized carbons (Fsp3) is 0.688. The molecule has 0 fully saturated rings. The first kappa shape index (κ1) is 16.0. The Bertz CT molecular complexity index is 307. The Kier molecular flexibility index (Phi) is 8.23. The Labute approximate surface area is 116 Å². The lowest BCUT2D eigenvalue weighted by molar-refractivity contribution is -0.143. The second kappa shape index (κ2) is 9.79. The fourth-order valence-corrected chi connectivity index (χ4v) is 2.43. The van der Waals surface area contributed by atoms with Gasteiger partial charge in [0.1, 0.15) is 0 Å². The summed E-state index contributed by atoms with van der Waals surface area (Å²) in [5.41, 5.74) is 0. The maximum atomic E-state index is 11.1. The number of aliphatic hydroxyl groups is 1. The first-order valence-electron chi connectivity index (χ1n) is 7.34. The van der Waals surface area contributed by atoms with Gasteiger partial charge in [-0.1, -0.05) is 24.3 Å². The average Bonchev–Trinajstić information content (AvgIpc) is 2.43. The molecule has 0 radical (unpaired) electrons. The van der Waals surface area contributed by atoms with Gasteiger partial charge in [-0.2, -0.15) is 0 Å². The number of carbonyl (C=O) groups is 1. The highest BCUT2D eigenvalue weighted by Gasteiger charge is 2.20. The Morgan fingerprint density at radius 2 is 2.05 bits per heavy atom.